The zero-order chi connectivity index (χ0) is 13.7. The molecular formula is C15H22N4O. The summed E-state index contributed by atoms with van der Waals surface area (Å²) in [5, 5.41) is 13.0. The number of hydrogen-bond acceptors (Lipinski definition) is 2. The molecule has 0 atom stereocenters. The third kappa shape index (κ3) is 2.09. The molecule has 4 aliphatic rings. The first-order valence-electron chi connectivity index (χ1n) is 7.71. The van der Waals surface area contributed by atoms with Crippen molar-refractivity contribution in [2.45, 2.75) is 51.0 Å². The number of amides is 2. The third-order valence-corrected chi connectivity index (χ3v) is 5.36. The van der Waals surface area contributed by atoms with Gasteiger partial charge in [0.25, 0.3) is 0 Å². The summed E-state index contributed by atoms with van der Waals surface area (Å²) >= 11 is 0. The second-order valence-corrected chi connectivity index (χ2v) is 7.21. The van der Waals surface area contributed by atoms with Crippen LogP contribution in [0.1, 0.15) is 44.2 Å². The molecule has 4 saturated carbocycles. The number of aromatic nitrogens is 2. The van der Waals surface area contributed by atoms with E-state index in [1.54, 1.807) is 0 Å². The predicted octanol–water partition coefficient (Wildman–Crippen LogP) is 2.81. The number of carbonyl (C=O) groups is 1. The number of nitrogens with zero attached hydrogens (tertiary/aromatic N) is 1. The lowest BCUT2D eigenvalue weighted by Crippen LogP contribution is -2.60. The van der Waals surface area contributed by atoms with Crippen LogP contribution >= 0.6 is 0 Å². The van der Waals surface area contributed by atoms with Crippen LogP contribution in [0, 0.1) is 24.7 Å². The van der Waals surface area contributed by atoms with Gasteiger partial charge in [-0.1, -0.05) is 0 Å². The zero-order valence-electron chi connectivity index (χ0n) is 11.9. The van der Waals surface area contributed by atoms with E-state index in [1.165, 1.54) is 38.5 Å². The van der Waals surface area contributed by atoms with Crippen molar-refractivity contribution in [3.63, 3.8) is 0 Å². The first kappa shape index (κ1) is 12.2. The van der Waals surface area contributed by atoms with E-state index in [0.717, 1.165) is 23.4 Å². The van der Waals surface area contributed by atoms with Crippen LogP contribution in [0.4, 0.5) is 10.6 Å². The van der Waals surface area contributed by atoms with Crippen LogP contribution in [0.15, 0.2) is 6.07 Å². The summed E-state index contributed by atoms with van der Waals surface area (Å²) in [6, 6.07) is 1.75. The molecule has 1 aromatic rings. The molecule has 0 radical (unpaired) electrons. The van der Waals surface area contributed by atoms with E-state index in [1.807, 2.05) is 13.0 Å². The van der Waals surface area contributed by atoms with Gasteiger partial charge in [0.15, 0.2) is 5.82 Å². The van der Waals surface area contributed by atoms with Gasteiger partial charge in [-0.05, 0) is 63.2 Å². The van der Waals surface area contributed by atoms with Gasteiger partial charge in [-0.25, -0.2) is 4.79 Å². The maximum atomic E-state index is 12.2. The highest BCUT2D eigenvalue weighted by atomic mass is 16.2. The van der Waals surface area contributed by atoms with Crippen molar-refractivity contribution in [3.05, 3.63) is 11.8 Å². The minimum atomic E-state index is -0.0987. The zero-order valence-corrected chi connectivity index (χ0v) is 11.9. The molecule has 1 aromatic heterocycles. The van der Waals surface area contributed by atoms with E-state index in [2.05, 4.69) is 20.8 Å². The molecule has 20 heavy (non-hydrogen) atoms. The van der Waals surface area contributed by atoms with Gasteiger partial charge < -0.3 is 5.32 Å². The van der Waals surface area contributed by atoms with Crippen molar-refractivity contribution in [1.29, 1.82) is 0 Å². The number of H-pyrrole nitrogens is 1. The lowest BCUT2D eigenvalue weighted by molar-refractivity contribution is -0.0127. The number of anilines is 1. The Kier molecular flexibility index (Phi) is 2.59. The van der Waals surface area contributed by atoms with Crippen molar-refractivity contribution in [2.24, 2.45) is 17.8 Å². The Morgan fingerprint density at radius 3 is 2.35 bits per heavy atom. The Morgan fingerprint density at radius 2 is 1.85 bits per heavy atom. The Balaban J connectivity index is 1.44. The van der Waals surface area contributed by atoms with Gasteiger partial charge in [-0.15, -0.1) is 0 Å². The molecule has 108 valence electrons. The first-order valence-corrected chi connectivity index (χ1v) is 7.71. The fraction of sp³-hybridized carbons (Fsp3) is 0.733. The molecule has 3 N–H and O–H groups in total. The molecular weight excluding hydrogens is 252 g/mol. The molecule has 0 aromatic carbocycles. The highest BCUT2D eigenvalue weighted by Crippen LogP contribution is 2.55. The average molecular weight is 274 g/mol. The summed E-state index contributed by atoms with van der Waals surface area (Å²) in [5.74, 6) is 3.13. The number of carbonyl (C=O) groups excluding carboxylic acids is 1. The van der Waals surface area contributed by atoms with Crippen LogP contribution in [0.25, 0.3) is 0 Å². The van der Waals surface area contributed by atoms with Crippen LogP contribution in [0.3, 0.4) is 0 Å². The molecule has 5 rings (SSSR count). The van der Waals surface area contributed by atoms with Gasteiger partial charge in [0.2, 0.25) is 0 Å². The van der Waals surface area contributed by atoms with Crippen molar-refractivity contribution in [1.82, 2.24) is 15.5 Å². The van der Waals surface area contributed by atoms with E-state index < -0.39 is 0 Å². The Hall–Kier alpha value is -1.52. The number of rotatable bonds is 2. The fourth-order valence-corrected chi connectivity index (χ4v) is 5.13. The second kappa shape index (κ2) is 4.24. The number of nitrogens with one attached hydrogen (secondary N) is 3. The summed E-state index contributed by atoms with van der Waals surface area (Å²) in [7, 11) is 0. The van der Waals surface area contributed by atoms with Gasteiger partial charge in [0.05, 0.1) is 0 Å². The van der Waals surface area contributed by atoms with Crippen molar-refractivity contribution >= 4 is 11.8 Å². The summed E-state index contributed by atoms with van der Waals surface area (Å²) in [6.07, 6.45) is 7.69. The Morgan fingerprint density at radius 1 is 1.25 bits per heavy atom. The average Bonchev–Trinajstić information content (AvgIpc) is 2.71. The highest BCUT2D eigenvalue weighted by molar-refractivity contribution is 5.88. The number of aromatic amines is 1. The van der Waals surface area contributed by atoms with Gasteiger partial charge in [0.1, 0.15) is 0 Å². The van der Waals surface area contributed by atoms with Gasteiger partial charge in [0, 0.05) is 17.3 Å². The highest BCUT2D eigenvalue weighted by Gasteiger charge is 2.51. The molecule has 2 amide bonds. The monoisotopic (exact) mass is 274 g/mol. The molecule has 4 bridgehead atoms. The number of aryl methyl sites for hydroxylation is 1. The quantitative estimate of drug-likeness (QED) is 0.776. The molecule has 5 heteroatoms. The van der Waals surface area contributed by atoms with Gasteiger partial charge >= 0.3 is 6.03 Å². The smallest absolute Gasteiger partial charge is 0.320 e. The van der Waals surface area contributed by atoms with Crippen molar-refractivity contribution in [3.8, 4) is 0 Å². The molecule has 4 fully saturated rings. The van der Waals surface area contributed by atoms with Crippen LogP contribution < -0.4 is 10.6 Å². The molecule has 4 aliphatic carbocycles. The van der Waals surface area contributed by atoms with Crippen LogP contribution in [0.2, 0.25) is 0 Å². The van der Waals surface area contributed by atoms with Crippen LogP contribution in [0.5, 0.6) is 0 Å². The summed E-state index contributed by atoms with van der Waals surface area (Å²) in [5.41, 5.74) is 1.01. The molecule has 0 unspecified atom stereocenters. The molecule has 5 nitrogen and oxygen atoms in total. The summed E-state index contributed by atoms with van der Waals surface area (Å²) < 4.78 is 0. The number of hydrogen-bond donors (Lipinski definition) is 3. The van der Waals surface area contributed by atoms with Crippen molar-refractivity contribution < 1.29 is 4.79 Å². The van der Waals surface area contributed by atoms with E-state index in [-0.39, 0.29) is 11.6 Å². The minimum Gasteiger partial charge on any atom is -0.332 e. The number of urea groups is 1. The van der Waals surface area contributed by atoms with Gasteiger partial charge in [-0.3, -0.25) is 10.4 Å². The van der Waals surface area contributed by atoms with Crippen LogP contribution in [-0.4, -0.2) is 21.8 Å². The largest absolute Gasteiger partial charge is 0.332 e. The Bertz CT molecular complexity index is 500. The lowest BCUT2D eigenvalue weighted by Gasteiger charge is -2.56. The van der Waals surface area contributed by atoms with E-state index in [9.17, 15) is 4.79 Å². The van der Waals surface area contributed by atoms with Gasteiger partial charge in [-0.2, -0.15) is 5.10 Å². The lowest BCUT2D eigenvalue weighted by atomic mass is 9.53. The third-order valence-electron chi connectivity index (χ3n) is 5.36. The summed E-state index contributed by atoms with van der Waals surface area (Å²) in [4.78, 5) is 12.2. The molecule has 0 spiro atoms. The Labute approximate surface area is 118 Å². The van der Waals surface area contributed by atoms with Crippen molar-refractivity contribution in [2.75, 3.05) is 5.32 Å². The maximum absolute atomic E-state index is 12.2. The van der Waals surface area contributed by atoms with Crippen LogP contribution in [-0.2, 0) is 0 Å². The maximum Gasteiger partial charge on any atom is 0.320 e. The SMILES string of the molecule is Cc1cc(NC(=O)NC23CC4CC(CC(C4)C2)C3)n[nH]1. The van der Waals surface area contributed by atoms with E-state index in [0.29, 0.717) is 5.82 Å². The van der Waals surface area contributed by atoms with E-state index in [4.69, 9.17) is 0 Å². The molecule has 1 heterocycles. The standard InChI is InChI=1S/C15H22N4O/c1-9-2-13(19-18-9)16-14(20)17-15-6-10-3-11(7-15)5-12(4-10)8-15/h2,10-12H,3-8H2,1H3,(H3,16,17,18,19,20). The van der Waals surface area contributed by atoms with E-state index >= 15 is 0 Å². The topological polar surface area (TPSA) is 69.8 Å². The normalized spacial score (nSPS) is 38.0. The molecule has 0 saturated heterocycles. The second-order valence-electron chi connectivity index (χ2n) is 7.21. The summed E-state index contributed by atoms with van der Waals surface area (Å²) in [6.45, 7) is 1.93. The minimum absolute atomic E-state index is 0.0597. The molecule has 0 aliphatic heterocycles. The first-order chi connectivity index (χ1) is 9.60. The fourth-order valence-electron chi connectivity index (χ4n) is 5.13. The predicted molar refractivity (Wildman–Crippen MR) is 76.4 cm³/mol.